The van der Waals surface area contributed by atoms with Gasteiger partial charge in [0.15, 0.2) is 0 Å². The van der Waals surface area contributed by atoms with Crippen LogP contribution in [-0.4, -0.2) is 17.7 Å². The van der Waals surface area contributed by atoms with Gasteiger partial charge in [0.05, 0.1) is 3.57 Å². The molecule has 0 amide bonds. The summed E-state index contributed by atoms with van der Waals surface area (Å²) >= 11 is 5.73. The summed E-state index contributed by atoms with van der Waals surface area (Å²) in [7, 11) is 0. The lowest BCUT2D eigenvalue weighted by Gasteiger charge is -2.12. The predicted octanol–water partition coefficient (Wildman–Crippen LogP) is 9.28. The average molecular weight is 649 g/mol. The lowest BCUT2D eigenvalue weighted by molar-refractivity contribution is -0.136. The standard InChI is InChI=1S/C32H25IO3S2/c33-28-21-22(6-16-32(34)35)5-15-29(28)36-18-17-27(23-7-11-25(12-8-23)30-3-1-19-37-30)24-9-13-26(14-10-24)31-4-2-20-38-31/h1-5,7-15,17,19-21H,6,16,18H2,(H,34,35). The van der Waals surface area contributed by atoms with Gasteiger partial charge in [-0.25, -0.2) is 0 Å². The third-order valence-electron chi connectivity index (χ3n) is 6.15. The number of benzene rings is 3. The summed E-state index contributed by atoms with van der Waals surface area (Å²) in [6, 6.07) is 31.7. The monoisotopic (exact) mass is 648 g/mol. The van der Waals surface area contributed by atoms with Crippen LogP contribution in [0.1, 0.15) is 23.1 Å². The first-order valence-electron chi connectivity index (χ1n) is 12.2. The second kappa shape index (κ2) is 12.6. The van der Waals surface area contributed by atoms with Gasteiger partial charge in [0.2, 0.25) is 0 Å². The van der Waals surface area contributed by atoms with E-state index in [9.17, 15) is 4.79 Å². The molecular formula is C32H25IO3S2. The Morgan fingerprint density at radius 2 is 1.39 bits per heavy atom. The minimum atomic E-state index is -0.787. The first-order valence-corrected chi connectivity index (χ1v) is 15.0. The number of aryl methyl sites for hydroxylation is 1. The van der Waals surface area contributed by atoms with Crippen molar-refractivity contribution in [2.75, 3.05) is 6.61 Å². The van der Waals surface area contributed by atoms with E-state index < -0.39 is 5.97 Å². The molecule has 38 heavy (non-hydrogen) atoms. The van der Waals surface area contributed by atoms with Gasteiger partial charge in [-0.3, -0.25) is 4.79 Å². The average Bonchev–Trinajstić information content (AvgIpc) is 3.67. The Bertz CT molecular complexity index is 1440. The Balaban J connectivity index is 1.39. The number of thiophene rings is 2. The number of ether oxygens (including phenoxy) is 1. The first kappa shape index (κ1) is 26.4. The summed E-state index contributed by atoms with van der Waals surface area (Å²) in [5.74, 6) is 0.00575. The largest absolute Gasteiger partial charge is 0.488 e. The maximum Gasteiger partial charge on any atom is 0.303 e. The van der Waals surface area contributed by atoms with Crippen LogP contribution in [0.5, 0.6) is 5.75 Å². The highest BCUT2D eigenvalue weighted by atomic mass is 127. The Kier molecular flexibility index (Phi) is 8.73. The van der Waals surface area contributed by atoms with Crippen LogP contribution in [-0.2, 0) is 11.2 Å². The van der Waals surface area contributed by atoms with Gasteiger partial charge in [0, 0.05) is 16.2 Å². The minimum absolute atomic E-state index is 0.124. The van der Waals surface area contributed by atoms with Crippen molar-refractivity contribution in [2.45, 2.75) is 12.8 Å². The first-order chi connectivity index (χ1) is 18.6. The highest BCUT2D eigenvalue weighted by molar-refractivity contribution is 14.1. The van der Waals surface area contributed by atoms with Crippen molar-refractivity contribution in [2.24, 2.45) is 0 Å². The molecule has 0 aliphatic rings. The number of hydrogen-bond donors (Lipinski definition) is 1. The lowest BCUT2D eigenvalue weighted by Crippen LogP contribution is -2.00. The molecule has 0 atom stereocenters. The number of halogens is 1. The van der Waals surface area contributed by atoms with Crippen molar-refractivity contribution in [3.05, 3.63) is 128 Å². The molecule has 0 aliphatic heterocycles. The fraction of sp³-hybridized carbons (Fsp3) is 0.0938. The highest BCUT2D eigenvalue weighted by Gasteiger charge is 2.09. The van der Waals surface area contributed by atoms with Crippen LogP contribution < -0.4 is 4.74 Å². The van der Waals surface area contributed by atoms with Crippen molar-refractivity contribution in [1.82, 2.24) is 0 Å². The molecule has 2 heterocycles. The molecule has 0 aliphatic carbocycles. The number of carbonyl (C=O) groups is 1. The topological polar surface area (TPSA) is 46.5 Å². The Hall–Kier alpha value is -3.20. The molecule has 0 bridgehead atoms. The van der Waals surface area contributed by atoms with Crippen LogP contribution in [0.3, 0.4) is 0 Å². The maximum absolute atomic E-state index is 10.9. The van der Waals surface area contributed by atoms with Gasteiger partial charge in [-0.1, -0.05) is 66.7 Å². The van der Waals surface area contributed by atoms with Gasteiger partial charge in [-0.2, -0.15) is 0 Å². The second-order valence-electron chi connectivity index (χ2n) is 8.70. The van der Waals surface area contributed by atoms with Crippen molar-refractivity contribution < 1.29 is 14.6 Å². The summed E-state index contributed by atoms with van der Waals surface area (Å²) < 4.78 is 7.13. The van der Waals surface area contributed by atoms with E-state index in [1.165, 1.54) is 20.9 Å². The van der Waals surface area contributed by atoms with Crippen LogP contribution in [0.2, 0.25) is 0 Å². The molecule has 3 nitrogen and oxygen atoms in total. The number of rotatable bonds is 10. The predicted molar refractivity (Wildman–Crippen MR) is 167 cm³/mol. The van der Waals surface area contributed by atoms with Crippen LogP contribution in [0.4, 0.5) is 0 Å². The second-order valence-corrected chi connectivity index (χ2v) is 11.8. The number of carboxylic acid groups (broad SMARTS) is 1. The molecule has 1 N–H and O–H groups in total. The SMILES string of the molecule is O=C(O)CCc1ccc(OCC=C(c2ccc(-c3cccs3)cc2)c2ccc(-c3cccs3)cc2)c(I)c1. The third kappa shape index (κ3) is 6.62. The number of hydrogen-bond acceptors (Lipinski definition) is 4. The zero-order valence-electron chi connectivity index (χ0n) is 20.5. The van der Waals surface area contributed by atoms with E-state index in [1.807, 2.05) is 18.2 Å². The molecule has 0 radical (unpaired) electrons. The summed E-state index contributed by atoms with van der Waals surface area (Å²) in [6.45, 7) is 0.416. The summed E-state index contributed by atoms with van der Waals surface area (Å²) in [4.78, 5) is 13.4. The molecule has 3 aromatic carbocycles. The number of carboxylic acids is 1. The van der Waals surface area contributed by atoms with E-state index in [-0.39, 0.29) is 6.42 Å². The molecule has 5 rings (SSSR count). The van der Waals surface area contributed by atoms with E-state index >= 15 is 0 Å². The fourth-order valence-corrected chi connectivity index (χ4v) is 6.40. The molecule has 0 saturated carbocycles. The summed E-state index contributed by atoms with van der Waals surface area (Å²) in [5.41, 5.74) is 6.81. The van der Waals surface area contributed by atoms with Gasteiger partial charge in [-0.15, -0.1) is 22.7 Å². The van der Waals surface area contributed by atoms with Crippen molar-refractivity contribution in [3.63, 3.8) is 0 Å². The van der Waals surface area contributed by atoms with E-state index in [0.29, 0.717) is 13.0 Å². The normalized spacial score (nSPS) is 10.8. The van der Waals surface area contributed by atoms with Gasteiger partial charge >= 0.3 is 5.97 Å². The molecule has 0 unspecified atom stereocenters. The number of aliphatic carboxylic acids is 1. The van der Waals surface area contributed by atoms with E-state index in [2.05, 4.69) is 112 Å². The highest BCUT2D eigenvalue weighted by Crippen LogP contribution is 2.31. The maximum atomic E-state index is 10.9. The van der Waals surface area contributed by atoms with Crippen molar-refractivity contribution >= 4 is 56.8 Å². The van der Waals surface area contributed by atoms with Crippen LogP contribution in [0.25, 0.3) is 26.5 Å². The summed E-state index contributed by atoms with van der Waals surface area (Å²) in [5, 5.41) is 13.1. The zero-order chi connectivity index (χ0) is 26.3. The quantitative estimate of drug-likeness (QED) is 0.154. The third-order valence-corrected chi connectivity index (χ3v) is 8.83. The fourth-order valence-electron chi connectivity index (χ4n) is 4.20. The van der Waals surface area contributed by atoms with Crippen LogP contribution in [0, 0.1) is 3.57 Å². The van der Waals surface area contributed by atoms with Gasteiger partial charge < -0.3 is 9.84 Å². The lowest BCUT2D eigenvalue weighted by atomic mass is 9.95. The van der Waals surface area contributed by atoms with Gasteiger partial charge in [0.1, 0.15) is 12.4 Å². The molecule has 190 valence electrons. The molecule has 0 fully saturated rings. The smallest absolute Gasteiger partial charge is 0.303 e. The van der Waals surface area contributed by atoms with E-state index in [0.717, 1.165) is 31.6 Å². The van der Waals surface area contributed by atoms with Crippen molar-refractivity contribution in [3.8, 4) is 26.6 Å². The van der Waals surface area contributed by atoms with Gasteiger partial charge in [-0.05, 0) is 104 Å². The Morgan fingerprint density at radius 1 is 0.816 bits per heavy atom. The van der Waals surface area contributed by atoms with Crippen molar-refractivity contribution in [1.29, 1.82) is 0 Å². The van der Waals surface area contributed by atoms with Gasteiger partial charge in [0.25, 0.3) is 0 Å². The summed E-state index contributed by atoms with van der Waals surface area (Å²) in [6.07, 6.45) is 2.77. The van der Waals surface area contributed by atoms with E-state index in [4.69, 9.17) is 9.84 Å². The Labute approximate surface area is 244 Å². The Morgan fingerprint density at radius 3 is 1.87 bits per heavy atom. The molecule has 2 aromatic heterocycles. The molecule has 5 aromatic rings. The van der Waals surface area contributed by atoms with E-state index in [1.54, 1.807) is 22.7 Å². The van der Waals surface area contributed by atoms with Crippen LogP contribution >= 0.6 is 45.3 Å². The molecule has 0 saturated heterocycles. The minimum Gasteiger partial charge on any atom is -0.488 e. The zero-order valence-corrected chi connectivity index (χ0v) is 24.3. The molecule has 0 spiro atoms. The molecular weight excluding hydrogens is 623 g/mol. The molecule has 6 heteroatoms. The van der Waals surface area contributed by atoms with Crippen LogP contribution in [0.15, 0.2) is 108 Å².